The highest BCUT2D eigenvalue weighted by Gasteiger charge is 2.23. The molecule has 1 aliphatic rings. The van der Waals surface area contributed by atoms with Gasteiger partial charge in [-0.15, -0.1) is 0 Å². The molecule has 49 heavy (non-hydrogen) atoms. The van der Waals surface area contributed by atoms with Crippen LogP contribution >= 0.6 is 0 Å². The van der Waals surface area contributed by atoms with Gasteiger partial charge in [0.25, 0.3) is 0 Å². The second-order valence-corrected chi connectivity index (χ2v) is 13.2. The molecular weight excluding hydrogens is 591 g/mol. The van der Waals surface area contributed by atoms with Crippen molar-refractivity contribution in [2.45, 2.75) is 12.3 Å². The van der Waals surface area contributed by atoms with Crippen LogP contribution in [0.3, 0.4) is 0 Å². The van der Waals surface area contributed by atoms with Crippen LogP contribution in [-0.2, 0) is 0 Å². The number of fused-ring (bicyclic) bond motifs is 10. The molecule has 1 heteroatoms. The standard InChI is InChI=1S/C48H33N/c1-3-13-32(14-4-1)33-23-25-34(26-24-33)35-27-29-37(30-28-35)49-45-22-12-11-21-42(45)47-46-40-19-9-7-17-38(40)43(36-15-5-2-6-16-36)31-44(46)39-18-8-10-20-41(39)48(47)49/h1-27,29-31,35H,28H2. The van der Waals surface area contributed by atoms with Crippen LogP contribution in [0, 0.1) is 0 Å². The van der Waals surface area contributed by atoms with Crippen molar-refractivity contribution in [1.82, 2.24) is 4.57 Å². The first-order valence-corrected chi connectivity index (χ1v) is 17.2. The van der Waals surface area contributed by atoms with Crippen LogP contribution in [-0.4, -0.2) is 4.57 Å². The molecule has 0 saturated heterocycles. The van der Waals surface area contributed by atoms with E-state index in [9.17, 15) is 0 Å². The molecule has 9 aromatic rings. The minimum absolute atomic E-state index is 0.347. The van der Waals surface area contributed by atoms with Gasteiger partial charge >= 0.3 is 0 Å². The molecule has 0 aliphatic heterocycles. The molecule has 0 radical (unpaired) electrons. The predicted molar refractivity (Wildman–Crippen MR) is 210 cm³/mol. The summed E-state index contributed by atoms with van der Waals surface area (Å²) in [7, 11) is 0. The third kappa shape index (κ3) is 4.40. The Labute approximate surface area is 285 Å². The van der Waals surface area contributed by atoms with E-state index in [0.29, 0.717) is 5.92 Å². The highest BCUT2D eigenvalue weighted by Crippen LogP contribution is 2.47. The number of nitrogens with zero attached hydrogens (tertiary/aromatic N) is 1. The Morgan fingerprint density at radius 3 is 1.76 bits per heavy atom. The Bertz CT molecular complexity index is 2760. The van der Waals surface area contributed by atoms with Crippen molar-refractivity contribution in [3.8, 4) is 22.3 Å². The normalized spacial score (nSPS) is 14.7. The number of para-hydroxylation sites is 1. The fraction of sp³-hybridized carbons (Fsp3) is 0.0417. The summed E-state index contributed by atoms with van der Waals surface area (Å²) in [5, 5.41) is 10.4. The lowest BCUT2D eigenvalue weighted by Crippen LogP contribution is -2.03. The monoisotopic (exact) mass is 623 g/mol. The van der Waals surface area contributed by atoms with E-state index in [0.717, 1.165) is 6.42 Å². The Hall–Kier alpha value is -6.18. The molecule has 1 unspecified atom stereocenters. The van der Waals surface area contributed by atoms with Gasteiger partial charge in [0.05, 0.1) is 11.0 Å². The van der Waals surface area contributed by atoms with Gasteiger partial charge in [-0.05, 0) is 74.0 Å². The van der Waals surface area contributed by atoms with Crippen LogP contribution in [0.2, 0.25) is 0 Å². The Morgan fingerprint density at radius 2 is 1.04 bits per heavy atom. The highest BCUT2D eigenvalue weighted by molar-refractivity contribution is 6.38. The molecule has 8 aromatic carbocycles. The molecule has 230 valence electrons. The van der Waals surface area contributed by atoms with Gasteiger partial charge in [0.15, 0.2) is 0 Å². The second-order valence-electron chi connectivity index (χ2n) is 13.2. The first-order valence-electron chi connectivity index (χ1n) is 17.2. The summed E-state index contributed by atoms with van der Waals surface area (Å²) < 4.78 is 2.53. The lowest BCUT2D eigenvalue weighted by Gasteiger charge is -2.20. The van der Waals surface area contributed by atoms with Gasteiger partial charge in [0.1, 0.15) is 0 Å². The Kier molecular flexibility index (Phi) is 6.38. The minimum Gasteiger partial charge on any atom is -0.309 e. The molecule has 1 nitrogen and oxygen atoms in total. The molecule has 1 aromatic heterocycles. The summed E-state index contributed by atoms with van der Waals surface area (Å²) in [6, 6.07) is 59.9. The van der Waals surface area contributed by atoms with Crippen molar-refractivity contribution in [2.75, 3.05) is 0 Å². The zero-order chi connectivity index (χ0) is 32.3. The van der Waals surface area contributed by atoms with Crippen LogP contribution in [0.25, 0.3) is 82.1 Å². The number of rotatable bonds is 4. The summed E-state index contributed by atoms with van der Waals surface area (Å²) in [4.78, 5) is 0. The molecule has 0 saturated carbocycles. The molecule has 10 rings (SSSR count). The van der Waals surface area contributed by atoms with Gasteiger partial charge in [0.2, 0.25) is 0 Å². The average molecular weight is 624 g/mol. The Balaban J connectivity index is 1.19. The van der Waals surface area contributed by atoms with E-state index >= 15 is 0 Å². The maximum Gasteiger partial charge on any atom is 0.0626 e. The maximum atomic E-state index is 2.53. The number of aromatic nitrogens is 1. The van der Waals surface area contributed by atoms with E-state index in [2.05, 4.69) is 187 Å². The van der Waals surface area contributed by atoms with Crippen molar-refractivity contribution in [3.05, 3.63) is 188 Å². The molecule has 1 aliphatic carbocycles. The fourth-order valence-electron chi connectivity index (χ4n) is 8.23. The number of hydrogen-bond donors (Lipinski definition) is 0. The lowest BCUT2D eigenvalue weighted by atomic mass is 9.88. The molecule has 0 spiro atoms. The van der Waals surface area contributed by atoms with Gasteiger partial charge in [-0.2, -0.15) is 0 Å². The second kappa shape index (κ2) is 11.2. The van der Waals surface area contributed by atoms with E-state index in [1.54, 1.807) is 0 Å². The van der Waals surface area contributed by atoms with Crippen LogP contribution in [0.15, 0.2) is 182 Å². The number of benzene rings is 8. The van der Waals surface area contributed by atoms with Gasteiger partial charge in [-0.25, -0.2) is 0 Å². The smallest absolute Gasteiger partial charge is 0.0626 e. The quantitative estimate of drug-likeness (QED) is 0.172. The van der Waals surface area contributed by atoms with Crippen LogP contribution in [0.4, 0.5) is 0 Å². The molecule has 0 fully saturated rings. The van der Waals surface area contributed by atoms with Gasteiger partial charge in [-0.3, -0.25) is 0 Å². The summed E-state index contributed by atoms with van der Waals surface area (Å²) in [6.45, 7) is 0. The SMILES string of the molecule is C1=CC(c2ccc(-c3ccccc3)cc2)CC=C1n1c2ccccc2c2c3c4ccccc4c(-c4ccccc4)cc3c3ccccc3c21. The zero-order valence-electron chi connectivity index (χ0n) is 27.1. The number of allylic oxidation sites excluding steroid dienone is 4. The third-order valence-corrected chi connectivity index (χ3v) is 10.5. The highest BCUT2D eigenvalue weighted by atomic mass is 15.0. The third-order valence-electron chi connectivity index (χ3n) is 10.5. The molecule has 0 bridgehead atoms. The molecule has 0 amide bonds. The van der Waals surface area contributed by atoms with Crippen LogP contribution < -0.4 is 0 Å². The van der Waals surface area contributed by atoms with Crippen molar-refractivity contribution in [3.63, 3.8) is 0 Å². The summed E-state index contributed by atoms with van der Waals surface area (Å²) in [6.07, 6.45) is 8.15. The van der Waals surface area contributed by atoms with Crippen LogP contribution in [0.5, 0.6) is 0 Å². The van der Waals surface area contributed by atoms with Gasteiger partial charge < -0.3 is 4.57 Å². The van der Waals surface area contributed by atoms with E-state index in [-0.39, 0.29) is 0 Å². The lowest BCUT2D eigenvalue weighted by molar-refractivity contribution is 0.850. The first-order chi connectivity index (χ1) is 24.3. The summed E-state index contributed by atoms with van der Waals surface area (Å²) >= 11 is 0. The topological polar surface area (TPSA) is 4.93 Å². The minimum atomic E-state index is 0.347. The van der Waals surface area contributed by atoms with Gasteiger partial charge in [0, 0.05) is 33.2 Å². The number of hydrogen-bond acceptors (Lipinski definition) is 0. The van der Waals surface area contributed by atoms with E-state index in [4.69, 9.17) is 0 Å². The van der Waals surface area contributed by atoms with E-state index in [1.807, 2.05) is 0 Å². The molecule has 0 N–H and O–H groups in total. The van der Waals surface area contributed by atoms with Crippen molar-refractivity contribution >= 4 is 59.8 Å². The summed E-state index contributed by atoms with van der Waals surface area (Å²) in [5.74, 6) is 0.347. The maximum absolute atomic E-state index is 2.53. The van der Waals surface area contributed by atoms with Crippen molar-refractivity contribution in [1.29, 1.82) is 0 Å². The molecular formula is C48H33N. The predicted octanol–water partition coefficient (Wildman–Crippen LogP) is 13.2. The van der Waals surface area contributed by atoms with Crippen LogP contribution in [0.1, 0.15) is 17.9 Å². The van der Waals surface area contributed by atoms with Crippen molar-refractivity contribution < 1.29 is 0 Å². The molecule has 1 atom stereocenters. The van der Waals surface area contributed by atoms with Crippen molar-refractivity contribution in [2.24, 2.45) is 0 Å². The first kappa shape index (κ1) is 27.9. The fourth-order valence-corrected chi connectivity index (χ4v) is 8.23. The van der Waals surface area contributed by atoms with E-state index in [1.165, 1.54) is 87.6 Å². The largest absolute Gasteiger partial charge is 0.309 e. The molecule has 1 heterocycles. The summed E-state index contributed by atoms with van der Waals surface area (Å²) in [5.41, 5.74) is 10.1. The zero-order valence-corrected chi connectivity index (χ0v) is 27.1. The van der Waals surface area contributed by atoms with E-state index < -0.39 is 0 Å². The Morgan fingerprint density at radius 1 is 0.449 bits per heavy atom. The average Bonchev–Trinajstić information content (AvgIpc) is 3.54. The van der Waals surface area contributed by atoms with Gasteiger partial charge in [-0.1, -0.05) is 164 Å².